The molecule has 2 fully saturated rings. The number of hydrogen-bond acceptors (Lipinski definition) is 7. The highest BCUT2D eigenvalue weighted by atomic mass is 28.5. The number of aliphatic hydroxyl groups is 2. The maximum absolute atomic E-state index is 11.2. The van der Waals surface area contributed by atoms with Crippen molar-refractivity contribution in [2.45, 2.75) is 115 Å². The van der Waals surface area contributed by atoms with E-state index in [0.29, 0.717) is 0 Å². The maximum Gasteiger partial charge on any atom is 0.335 e. The molecule has 1 aromatic carbocycles. The molecule has 2 heterocycles. The summed E-state index contributed by atoms with van der Waals surface area (Å²) in [5.41, 5.74) is 1.62. The number of hydrogen-bond donors (Lipinski definition) is 2. The van der Waals surface area contributed by atoms with Crippen LogP contribution in [0, 0.1) is 0 Å². The van der Waals surface area contributed by atoms with Crippen molar-refractivity contribution in [3.8, 4) is 0 Å². The second-order valence-electron chi connectivity index (χ2n) is 10.9. The lowest BCUT2D eigenvalue weighted by atomic mass is 9.99. The molecular weight excluding hydrogens is 468 g/mol. The summed E-state index contributed by atoms with van der Waals surface area (Å²) < 4.78 is 32.8. The normalized spacial score (nSPS) is 31.5. The summed E-state index contributed by atoms with van der Waals surface area (Å²) >= 11 is 0. The Bertz CT molecular complexity index is 758. The van der Waals surface area contributed by atoms with E-state index in [9.17, 15) is 10.2 Å². The van der Waals surface area contributed by atoms with Crippen molar-refractivity contribution in [1.82, 2.24) is 0 Å². The number of ether oxygens (including phenoxy) is 2. The van der Waals surface area contributed by atoms with Gasteiger partial charge in [-0.3, -0.25) is 0 Å². The Kier molecular flexibility index (Phi) is 9.20. The van der Waals surface area contributed by atoms with Crippen LogP contribution in [0.2, 0.25) is 22.2 Å². The third kappa shape index (κ3) is 5.38. The minimum Gasteiger partial charge on any atom is -0.414 e. The van der Waals surface area contributed by atoms with Crippen LogP contribution in [-0.4, -0.2) is 64.6 Å². The number of benzene rings is 1. The van der Waals surface area contributed by atoms with Crippen LogP contribution in [0.15, 0.2) is 30.3 Å². The Morgan fingerprint density at radius 1 is 0.853 bits per heavy atom. The molecule has 0 radical (unpaired) electrons. The minimum atomic E-state index is -2.91. The molecule has 0 amide bonds. The lowest BCUT2D eigenvalue weighted by Gasteiger charge is -2.54. The van der Waals surface area contributed by atoms with Gasteiger partial charge in [-0.2, -0.15) is 0 Å². The molecule has 5 atom stereocenters. The van der Waals surface area contributed by atoms with E-state index in [1.54, 1.807) is 0 Å². The molecule has 2 N–H and O–H groups in total. The fraction of sp³-hybridized carbons (Fsp3) is 0.760. The summed E-state index contributed by atoms with van der Waals surface area (Å²) in [6.07, 6.45) is -4.73. The molecule has 0 saturated carbocycles. The molecule has 0 aromatic heterocycles. The summed E-state index contributed by atoms with van der Waals surface area (Å²) in [6.45, 7) is 17.7. The third-order valence-corrected chi connectivity index (χ3v) is 17.5. The lowest BCUT2D eigenvalue weighted by molar-refractivity contribution is -0.304. The van der Waals surface area contributed by atoms with Gasteiger partial charge < -0.3 is 32.7 Å². The van der Waals surface area contributed by atoms with Gasteiger partial charge in [-0.1, -0.05) is 85.7 Å². The van der Waals surface area contributed by atoms with Crippen molar-refractivity contribution in [1.29, 1.82) is 0 Å². The fourth-order valence-corrected chi connectivity index (χ4v) is 16.4. The Hall–Kier alpha value is -0.626. The molecule has 2 aliphatic heterocycles. The zero-order chi connectivity index (χ0) is 25.3. The van der Waals surface area contributed by atoms with Crippen molar-refractivity contribution in [2.75, 3.05) is 6.61 Å². The van der Waals surface area contributed by atoms with Gasteiger partial charge in [0.2, 0.25) is 0 Å². The minimum absolute atomic E-state index is 0.121. The molecule has 194 valence electrons. The van der Waals surface area contributed by atoms with Crippen LogP contribution in [-0.2, 0) is 29.0 Å². The zero-order valence-corrected chi connectivity index (χ0v) is 23.9. The quantitative estimate of drug-likeness (QED) is 0.516. The average Bonchev–Trinajstić information content (AvgIpc) is 2.76. The Morgan fingerprint density at radius 2 is 1.41 bits per heavy atom. The van der Waals surface area contributed by atoms with Gasteiger partial charge in [-0.25, -0.2) is 0 Å². The van der Waals surface area contributed by atoms with Gasteiger partial charge >= 0.3 is 17.1 Å². The van der Waals surface area contributed by atoms with E-state index in [1.165, 1.54) is 0 Å². The van der Waals surface area contributed by atoms with Crippen LogP contribution in [0.5, 0.6) is 0 Å². The molecule has 1 aromatic rings. The molecule has 0 spiro atoms. The van der Waals surface area contributed by atoms with Crippen LogP contribution < -0.4 is 0 Å². The molecule has 3 rings (SSSR count). The molecule has 34 heavy (non-hydrogen) atoms. The molecule has 7 nitrogen and oxygen atoms in total. The zero-order valence-electron chi connectivity index (χ0n) is 21.9. The van der Waals surface area contributed by atoms with Gasteiger partial charge in [0.05, 0.1) is 13.2 Å². The predicted octanol–water partition coefficient (Wildman–Crippen LogP) is 4.61. The number of rotatable bonds is 7. The van der Waals surface area contributed by atoms with Gasteiger partial charge in [0.25, 0.3) is 0 Å². The van der Waals surface area contributed by atoms with Gasteiger partial charge in [-0.05, 0) is 27.7 Å². The van der Waals surface area contributed by atoms with E-state index in [2.05, 4.69) is 55.4 Å². The average molecular weight is 513 g/mol. The highest BCUT2D eigenvalue weighted by Gasteiger charge is 2.61. The van der Waals surface area contributed by atoms with E-state index in [4.69, 9.17) is 22.4 Å². The van der Waals surface area contributed by atoms with Crippen LogP contribution in [0.25, 0.3) is 0 Å². The molecule has 0 bridgehead atoms. The van der Waals surface area contributed by atoms with E-state index >= 15 is 0 Å². The van der Waals surface area contributed by atoms with Crippen LogP contribution in [0.3, 0.4) is 0 Å². The van der Waals surface area contributed by atoms with Crippen molar-refractivity contribution < 1.29 is 32.7 Å². The van der Waals surface area contributed by atoms with Crippen molar-refractivity contribution in [3.05, 3.63) is 35.9 Å². The first-order chi connectivity index (χ1) is 15.9. The van der Waals surface area contributed by atoms with Crippen LogP contribution >= 0.6 is 0 Å². The van der Waals surface area contributed by atoms with Crippen LogP contribution in [0.1, 0.15) is 61.0 Å². The van der Waals surface area contributed by atoms with Gasteiger partial charge in [0.15, 0.2) is 6.29 Å². The molecular formula is C25H44O7Si2. The smallest absolute Gasteiger partial charge is 0.335 e. The van der Waals surface area contributed by atoms with Crippen molar-refractivity contribution in [3.63, 3.8) is 0 Å². The first kappa shape index (κ1) is 28.0. The highest BCUT2D eigenvalue weighted by molar-refractivity contribution is 6.83. The fourth-order valence-electron chi connectivity index (χ4n) is 5.21. The predicted molar refractivity (Wildman–Crippen MR) is 136 cm³/mol. The second kappa shape index (κ2) is 11.2. The van der Waals surface area contributed by atoms with Gasteiger partial charge in [0.1, 0.15) is 24.4 Å². The Balaban J connectivity index is 1.93. The molecule has 9 heteroatoms. The highest BCUT2D eigenvalue weighted by Crippen LogP contribution is 2.47. The standard InChI is InChI=1S/C25H44O7Si2/c1-16(2)33(17(3)4)29-15-21-24(31-34(32-33,18(5)6)19(7)8)22(26)23(27)25(30-21)28-14-20-12-10-9-11-13-20/h9-13,16-19,21-27H,14-15H2,1-8H3/t21-,22-,23+,24-,25+/m1/s1. The maximum atomic E-state index is 11.2. The summed E-state index contributed by atoms with van der Waals surface area (Å²) in [5, 5.41) is 22.1. The summed E-state index contributed by atoms with van der Waals surface area (Å²) in [5.74, 6) is 0. The largest absolute Gasteiger partial charge is 0.414 e. The number of fused-ring (bicyclic) bond motifs is 1. The SMILES string of the molecule is CC(C)[Si]1(C(C)C)OC[C@H]2O[C@H](OCc3ccccc3)[C@@H](O)[C@@H](O)[C@@H]2O[Si](C(C)C)(C(C)C)O1. The monoisotopic (exact) mass is 512 g/mol. The third-order valence-electron chi connectivity index (χ3n) is 7.23. The second-order valence-corrected chi connectivity index (χ2v) is 19.7. The Labute approximate surface area is 207 Å². The molecule has 2 aliphatic rings. The van der Waals surface area contributed by atoms with E-state index in [-0.39, 0.29) is 35.4 Å². The first-order valence-corrected chi connectivity index (χ1v) is 16.6. The first-order valence-electron chi connectivity index (χ1n) is 12.6. The lowest BCUT2D eigenvalue weighted by Crippen LogP contribution is -2.70. The topological polar surface area (TPSA) is 86.6 Å². The summed E-state index contributed by atoms with van der Waals surface area (Å²) in [4.78, 5) is 0. The van der Waals surface area contributed by atoms with E-state index < -0.39 is 47.8 Å². The van der Waals surface area contributed by atoms with E-state index in [1.807, 2.05) is 30.3 Å². The number of aliphatic hydroxyl groups excluding tert-OH is 2. The summed E-state index contributed by atoms with van der Waals surface area (Å²) in [7, 11) is -5.63. The molecule has 0 aliphatic carbocycles. The van der Waals surface area contributed by atoms with Crippen molar-refractivity contribution >= 4 is 17.1 Å². The van der Waals surface area contributed by atoms with Crippen LogP contribution in [0.4, 0.5) is 0 Å². The Morgan fingerprint density at radius 3 is 1.94 bits per heavy atom. The van der Waals surface area contributed by atoms with Crippen molar-refractivity contribution in [2.24, 2.45) is 0 Å². The molecule has 0 unspecified atom stereocenters. The molecule has 2 saturated heterocycles. The van der Waals surface area contributed by atoms with Gasteiger partial charge in [0, 0.05) is 0 Å². The summed E-state index contributed by atoms with van der Waals surface area (Å²) in [6, 6.07) is 9.70. The van der Waals surface area contributed by atoms with Gasteiger partial charge in [-0.15, -0.1) is 0 Å². The van der Waals surface area contributed by atoms with E-state index in [0.717, 1.165) is 5.56 Å².